The monoisotopic (exact) mass is 333 g/mol. The van der Waals surface area contributed by atoms with Crippen molar-refractivity contribution in [2.24, 2.45) is 0 Å². The topological polar surface area (TPSA) is 62.3 Å². The second-order valence-corrected chi connectivity index (χ2v) is 7.10. The van der Waals surface area contributed by atoms with Crippen molar-refractivity contribution in [2.75, 3.05) is 5.32 Å². The van der Waals surface area contributed by atoms with E-state index in [0.29, 0.717) is 22.1 Å². The average Bonchev–Trinajstić information content (AvgIpc) is 3.20. The van der Waals surface area contributed by atoms with E-state index in [-0.39, 0.29) is 17.9 Å². The van der Waals surface area contributed by atoms with Crippen LogP contribution in [0.3, 0.4) is 0 Å². The molecule has 2 heterocycles. The lowest BCUT2D eigenvalue weighted by Gasteiger charge is -2.11. The van der Waals surface area contributed by atoms with Gasteiger partial charge in [-0.25, -0.2) is 4.98 Å². The molecule has 0 saturated heterocycles. The van der Waals surface area contributed by atoms with Crippen molar-refractivity contribution in [1.29, 1.82) is 0 Å². The summed E-state index contributed by atoms with van der Waals surface area (Å²) in [6.07, 6.45) is 3.56. The zero-order valence-corrected chi connectivity index (χ0v) is 13.1. The van der Waals surface area contributed by atoms with E-state index >= 15 is 0 Å². The molecule has 2 aliphatic rings. The van der Waals surface area contributed by atoms with Crippen molar-refractivity contribution in [2.45, 2.75) is 25.4 Å². The molecule has 1 saturated carbocycles. The van der Waals surface area contributed by atoms with E-state index < -0.39 is 0 Å². The van der Waals surface area contributed by atoms with Gasteiger partial charge in [0.25, 0.3) is 11.8 Å². The number of halogens is 1. The standard InChI is InChI=1S/C15H12ClN3O2S/c16-15-18-7-10(22-15)6-17-8-1-4-11-12(5-8)14(21)19(13(11)20)9-2-3-9/h1,4-5,7,9,17H,2-3,6H2. The second kappa shape index (κ2) is 5.07. The number of anilines is 1. The molecule has 7 heteroatoms. The van der Waals surface area contributed by atoms with Crippen molar-refractivity contribution in [3.8, 4) is 0 Å². The van der Waals surface area contributed by atoms with Gasteiger partial charge in [-0.05, 0) is 31.0 Å². The summed E-state index contributed by atoms with van der Waals surface area (Å²) in [5.41, 5.74) is 1.80. The van der Waals surface area contributed by atoms with Crippen molar-refractivity contribution >= 4 is 40.4 Å². The molecule has 1 N–H and O–H groups in total. The number of amides is 2. The Kier molecular flexibility index (Phi) is 3.16. The normalized spacial score (nSPS) is 17.0. The maximum Gasteiger partial charge on any atom is 0.261 e. The van der Waals surface area contributed by atoms with E-state index in [4.69, 9.17) is 11.6 Å². The van der Waals surface area contributed by atoms with Gasteiger partial charge >= 0.3 is 0 Å². The van der Waals surface area contributed by atoms with Gasteiger partial charge in [-0.3, -0.25) is 14.5 Å². The molecule has 1 aliphatic carbocycles. The van der Waals surface area contributed by atoms with E-state index in [2.05, 4.69) is 10.3 Å². The number of thiazole rings is 1. The molecular formula is C15H12ClN3O2S. The number of nitrogens with zero attached hydrogens (tertiary/aromatic N) is 2. The third-order valence-electron chi connectivity index (χ3n) is 3.82. The molecule has 1 aromatic carbocycles. The second-order valence-electron chi connectivity index (χ2n) is 5.40. The molecule has 22 heavy (non-hydrogen) atoms. The molecule has 2 aromatic rings. The first-order chi connectivity index (χ1) is 10.6. The number of carbonyl (C=O) groups excluding carboxylic acids is 2. The number of hydrogen-bond acceptors (Lipinski definition) is 5. The zero-order chi connectivity index (χ0) is 15.3. The van der Waals surface area contributed by atoms with Gasteiger partial charge in [-0.2, -0.15) is 0 Å². The third-order valence-corrected chi connectivity index (χ3v) is 4.94. The van der Waals surface area contributed by atoms with Crippen LogP contribution in [-0.2, 0) is 6.54 Å². The Hall–Kier alpha value is -1.92. The number of nitrogens with one attached hydrogen (secondary N) is 1. The molecule has 1 aromatic heterocycles. The van der Waals surface area contributed by atoms with E-state index in [1.54, 1.807) is 18.3 Å². The molecule has 0 radical (unpaired) electrons. The predicted molar refractivity (Wildman–Crippen MR) is 84.4 cm³/mol. The highest BCUT2D eigenvalue weighted by molar-refractivity contribution is 7.15. The molecule has 5 nitrogen and oxygen atoms in total. The highest BCUT2D eigenvalue weighted by Gasteiger charge is 2.44. The Morgan fingerprint density at radius 2 is 2.05 bits per heavy atom. The molecule has 0 atom stereocenters. The van der Waals surface area contributed by atoms with Crippen molar-refractivity contribution in [3.05, 3.63) is 44.9 Å². The van der Waals surface area contributed by atoms with Gasteiger partial charge in [-0.15, -0.1) is 11.3 Å². The Labute approximate surface area is 135 Å². The van der Waals surface area contributed by atoms with Crippen molar-refractivity contribution in [3.63, 3.8) is 0 Å². The molecule has 0 unspecified atom stereocenters. The van der Waals surface area contributed by atoms with Crippen LogP contribution in [0, 0.1) is 0 Å². The Morgan fingerprint density at radius 3 is 2.73 bits per heavy atom. The minimum Gasteiger partial charge on any atom is -0.380 e. The fourth-order valence-electron chi connectivity index (χ4n) is 2.59. The van der Waals surface area contributed by atoms with Gasteiger partial charge in [-0.1, -0.05) is 11.6 Å². The summed E-state index contributed by atoms with van der Waals surface area (Å²) in [6.45, 7) is 0.581. The molecule has 0 bridgehead atoms. The fraction of sp³-hybridized carbons (Fsp3) is 0.267. The summed E-state index contributed by atoms with van der Waals surface area (Å²) in [5, 5.41) is 3.23. The number of carbonyl (C=O) groups is 2. The van der Waals surface area contributed by atoms with E-state index in [9.17, 15) is 9.59 Å². The summed E-state index contributed by atoms with van der Waals surface area (Å²) in [7, 11) is 0. The number of benzene rings is 1. The Balaban J connectivity index is 1.55. The number of rotatable bonds is 4. The first-order valence-electron chi connectivity index (χ1n) is 6.99. The molecule has 4 rings (SSSR count). The van der Waals surface area contributed by atoms with Crippen LogP contribution in [0.15, 0.2) is 24.4 Å². The van der Waals surface area contributed by atoms with Gasteiger partial charge in [0.15, 0.2) is 4.47 Å². The molecule has 0 spiro atoms. The first kappa shape index (κ1) is 13.7. The van der Waals surface area contributed by atoms with E-state index in [1.807, 2.05) is 6.07 Å². The van der Waals surface area contributed by atoms with Crippen LogP contribution >= 0.6 is 22.9 Å². The van der Waals surface area contributed by atoms with Crippen LogP contribution in [0.5, 0.6) is 0 Å². The summed E-state index contributed by atoms with van der Waals surface area (Å²) in [5.74, 6) is -0.338. The summed E-state index contributed by atoms with van der Waals surface area (Å²) < 4.78 is 0.506. The SMILES string of the molecule is O=C1c2ccc(NCc3cnc(Cl)s3)cc2C(=O)N1C1CC1. The summed E-state index contributed by atoms with van der Waals surface area (Å²) in [4.78, 5) is 31.0. The van der Waals surface area contributed by atoms with E-state index in [1.165, 1.54) is 16.2 Å². The lowest BCUT2D eigenvalue weighted by Crippen LogP contribution is -2.31. The highest BCUT2D eigenvalue weighted by atomic mass is 35.5. The zero-order valence-electron chi connectivity index (χ0n) is 11.5. The lowest BCUT2D eigenvalue weighted by atomic mass is 10.1. The predicted octanol–water partition coefficient (Wildman–Crippen LogP) is 3.17. The molecule has 1 fully saturated rings. The fourth-order valence-corrected chi connectivity index (χ4v) is 3.51. The van der Waals surface area contributed by atoms with Crippen LogP contribution in [0.4, 0.5) is 5.69 Å². The van der Waals surface area contributed by atoms with Crippen molar-refractivity contribution in [1.82, 2.24) is 9.88 Å². The van der Waals surface area contributed by atoms with Gasteiger partial charge in [0.2, 0.25) is 0 Å². The number of hydrogen-bond donors (Lipinski definition) is 1. The van der Waals surface area contributed by atoms with Crippen LogP contribution in [-0.4, -0.2) is 27.7 Å². The van der Waals surface area contributed by atoms with E-state index in [0.717, 1.165) is 23.4 Å². The van der Waals surface area contributed by atoms with Crippen LogP contribution < -0.4 is 5.32 Å². The van der Waals surface area contributed by atoms with Crippen molar-refractivity contribution < 1.29 is 9.59 Å². The van der Waals surface area contributed by atoms with Crippen LogP contribution in [0.1, 0.15) is 38.4 Å². The van der Waals surface area contributed by atoms with Gasteiger partial charge in [0.1, 0.15) is 0 Å². The Morgan fingerprint density at radius 1 is 1.27 bits per heavy atom. The molecular weight excluding hydrogens is 322 g/mol. The largest absolute Gasteiger partial charge is 0.380 e. The third kappa shape index (κ3) is 2.28. The van der Waals surface area contributed by atoms with Gasteiger partial charge < -0.3 is 5.32 Å². The van der Waals surface area contributed by atoms with Crippen LogP contribution in [0.2, 0.25) is 4.47 Å². The lowest BCUT2D eigenvalue weighted by molar-refractivity contribution is 0.0642. The number of fused-ring (bicyclic) bond motifs is 1. The number of imide groups is 1. The smallest absolute Gasteiger partial charge is 0.261 e. The first-order valence-corrected chi connectivity index (χ1v) is 8.19. The van der Waals surface area contributed by atoms with Gasteiger partial charge in [0.05, 0.1) is 17.7 Å². The summed E-state index contributed by atoms with van der Waals surface area (Å²) in [6, 6.07) is 5.40. The molecule has 112 valence electrons. The minimum atomic E-state index is -0.174. The quantitative estimate of drug-likeness (QED) is 0.873. The molecule has 2 amide bonds. The Bertz CT molecular complexity index is 785. The summed E-state index contributed by atoms with van der Waals surface area (Å²) >= 11 is 7.21. The minimum absolute atomic E-state index is 0.100. The maximum atomic E-state index is 12.4. The number of aromatic nitrogens is 1. The maximum absolute atomic E-state index is 12.4. The highest BCUT2D eigenvalue weighted by Crippen LogP contribution is 2.35. The van der Waals surface area contributed by atoms with Gasteiger partial charge in [0, 0.05) is 22.8 Å². The van der Waals surface area contributed by atoms with Crippen LogP contribution in [0.25, 0.3) is 0 Å². The molecule has 1 aliphatic heterocycles. The average molecular weight is 334 g/mol.